The third-order valence-electron chi connectivity index (χ3n) is 1.58. The highest BCUT2D eigenvalue weighted by Crippen LogP contribution is 2.11. The summed E-state index contributed by atoms with van der Waals surface area (Å²) < 4.78 is 0. The summed E-state index contributed by atoms with van der Waals surface area (Å²) in [6, 6.07) is 2.70. The number of nitrogens with two attached hydrogens (primary N) is 2. The van der Waals surface area contributed by atoms with Crippen LogP contribution in [-0.4, -0.2) is 16.1 Å². The first kappa shape index (κ1) is 9.47. The van der Waals surface area contributed by atoms with E-state index in [1.807, 2.05) is 0 Å². The van der Waals surface area contributed by atoms with Crippen molar-refractivity contribution in [2.45, 2.75) is 12.5 Å². The fourth-order valence-electron chi connectivity index (χ4n) is 0.929. The molecular formula is C8H11N3O2. The van der Waals surface area contributed by atoms with Crippen molar-refractivity contribution in [1.29, 1.82) is 0 Å². The van der Waals surface area contributed by atoms with Crippen LogP contribution in [0, 0.1) is 0 Å². The first-order chi connectivity index (χ1) is 6.09. The van der Waals surface area contributed by atoms with E-state index in [9.17, 15) is 4.79 Å². The Morgan fingerprint density at radius 3 is 2.77 bits per heavy atom. The third kappa shape index (κ3) is 2.72. The zero-order valence-electron chi connectivity index (χ0n) is 6.97. The van der Waals surface area contributed by atoms with Gasteiger partial charge in [-0.3, -0.25) is 9.78 Å². The van der Waals surface area contributed by atoms with Gasteiger partial charge in [0.2, 0.25) is 0 Å². The normalized spacial score (nSPS) is 12.4. The van der Waals surface area contributed by atoms with Crippen LogP contribution >= 0.6 is 0 Å². The van der Waals surface area contributed by atoms with E-state index in [0.717, 1.165) is 0 Å². The average molecular weight is 181 g/mol. The van der Waals surface area contributed by atoms with Crippen molar-refractivity contribution >= 4 is 11.7 Å². The number of carboxylic acids is 1. The van der Waals surface area contributed by atoms with Crippen molar-refractivity contribution < 1.29 is 9.90 Å². The number of carboxylic acid groups (broad SMARTS) is 1. The SMILES string of the molecule is Nc1ccc(C(N)CC(=O)O)nc1. The molecule has 5 nitrogen and oxygen atoms in total. The Labute approximate surface area is 75.4 Å². The van der Waals surface area contributed by atoms with Crippen molar-refractivity contribution in [3.05, 3.63) is 24.0 Å². The molecule has 1 rings (SSSR count). The van der Waals surface area contributed by atoms with E-state index in [0.29, 0.717) is 11.4 Å². The van der Waals surface area contributed by atoms with E-state index in [2.05, 4.69) is 4.98 Å². The Morgan fingerprint density at radius 1 is 1.62 bits per heavy atom. The van der Waals surface area contributed by atoms with Gasteiger partial charge in [-0.1, -0.05) is 0 Å². The molecule has 0 radical (unpaired) electrons. The lowest BCUT2D eigenvalue weighted by molar-refractivity contribution is -0.137. The molecule has 70 valence electrons. The molecule has 1 atom stereocenters. The van der Waals surface area contributed by atoms with Gasteiger partial charge in [-0.2, -0.15) is 0 Å². The topological polar surface area (TPSA) is 102 Å². The first-order valence-electron chi connectivity index (χ1n) is 3.78. The van der Waals surface area contributed by atoms with Crippen LogP contribution in [-0.2, 0) is 4.79 Å². The summed E-state index contributed by atoms with van der Waals surface area (Å²) in [5, 5.41) is 8.47. The monoisotopic (exact) mass is 181 g/mol. The molecular weight excluding hydrogens is 170 g/mol. The van der Waals surface area contributed by atoms with Crippen LogP contribution in [0.1, 0.15) is 18.2 Å². The second kappa shape index (κ2) is 3.86. The van der Waals surface area contributed by atoms with Crippen LogP contribution in [0.2, 0.25) is 0 Å². The van der Waals surface area contributed by atoms with Crippen LogP contribution in [0.4, 0.5) is 5.69 Å². The summed E-state index contributed by atoms with van der Waals surface area (Å²) in [6.07, 6.45) is 1.33. The molecule has 0 bridgehead atoms. The van der Waals surface area contributed by atoms with Crippen LogP contribution in [0.5, 0.6) is 0 Å². The Morgan fingerprint density at radius 2 is 2.31 bits per heavy atom. The second-order valence-corrected chi connectivity index (χ2v) is 2.72. The van der Waals surface area contributed by atoms with Crippen molar-refractivity contribution in [3.8, 4) is 0 Å². The highest BCUT2D eigenvalue weighted by Gasteiger charge is 2.10. The Hall–Kier alpha value is -1.62. The maximum absolute atomic E-state index is 10.3. The molecule has 5 N–H and O–H groups in total. The van der Waals surface area contributed by atoms with Gasteiger partial charge in [0.15, 0.2) is 0 Å². The molecule has 0 aliphatic heterocycles. The minimum absolute atomic E-state index is 0.128. The summed E-state index contributed by atoms with van der Waals surface area (Å²) >= 11 is 0. The lowest BCUT2D eigenvalue weighted by Gasteiger charge is -2.07. The van der Waals surface area contributed by atoms with Crippen molar-refractivity contribution in [2.24, 2.45) is 5.73 Å². The highest BCUT2D eigenvalue weighted by molar-refractivity contribution is 5.67. The van der Waals surface area contributed by atoms with Crippen molar-refractivity contribution in [3.63, 3.8) is 0 Å². The maximum atomic E-state index is 10.3. The van der Waals surface area contributed by atoms with Gasteiger partial charge in [-0.15, -0.1) is 0 Å². The number of nitrogen functional groups attached to an aromatic ring is 1. The van der Waals surface area contributed by atoms with Crippen molar-refractivity contribution in [1.82, 2.24) is 4.98 Å². The molecule has 1 aromatic heterocycles. The summed E-state index contributed by atoms with van der Waals surface area (Å²) in [5.41, 5.74) is 12.0. The molecule has 0 aliphatic rings. The zero-order chi connectivity index (χ0) is 9.84. The van der Waals surface area contributed by atoms with E-state index in [4.69, 9.17) is 16.6 Å². The molecule has 0 spiro atoms. The number of aromatic nitrogens is 1. The predicted molar refractivity (Wildman–Crippen MR) is 47.8 cm³/mol. The smallest absolute Gasteiger partial charge is 0.305 e. The molecule has 0 fully saturated rings. The third-order valence-corrected chi connectivity index (χ3v) is 1.58. The summed E-state index contributed by atoms with van der Waals surface area (Å²) in [5.74, 6) is -0.939. The Balaban J connectivity index is 2.71. The fourth-order valence-corrected chi connectivity index (χ4v) is 0.929. The van der Waals surface area contributed by atoms with Crippen LogP contribution < -0.4 is 11.5 Å². The van der Waals surface area contributed by atoms with Gasteiger partial charge < -0.3 is 16.6 Å². The lowest BCUT2D eigenvalue weighted by Crippen LogP contribution is -2.16. The minimum atomic E-state index is -0.939. The van der Waals surface area contributed by atoms with Gasteiger partial charge in [-0.25, -0.2) is 0 Å². The van der Waals surface area contributed by atoms with Gasteiger partial charge in [0.25, 0.3) is 0 Å². The summed E-state index contributed by atoms with van der Waals surface area (Å²) in [6.45, 7) is 0. The zero-order valence-corrected chi connectivity index (χ0v) is 6.97. The number of pyridine rings is 1. The molecule has 0 saturated carbocycles. The largest absolute Gasteiger partial charge is 0.481 e. The molecule has 0 aromatic carbocycles. The molecule has 0 aliphatic carbocycles. The maximum Gasteiger partial charge on any atom is 0.305 e. The van der Waals surface area contributed by atoms with Crippen LogP contribution in [0.3, 0.4) is 0 Å². The Bertz CT molecular complexity index is 297. The van der Waals surface area contributed by atoms with E-state index in [-0.39, 0.29) is 6.42 Å². The van der Waals surface area contributed by atoms with Gasteiger partial charge in [0.1, 0.15) is 0 Å². The summed E-state index contributed by atoms with van der Waals surface area (Å²) in [7, 11) is 0. The fraction of sp³-hybridized carbons (Fsp3) is 0.250. The minimum Gasteiger partial charge on any atom is -0.481 e. The second-order valence-electron chi connectivity index (χ2n) is 2.72. The molecule has 0 amide bonds. The van der Waals surface area contributed by atoms with Gasteiger partial charge >= 0.3 is 5.97 Å². The highest BCUT2D eigenvalue weighted by atomic mass is 16.4. The number of hydrogen-bond acceptors (Lipinski definition) is 4. The van der Waals surface area contributed by atoms with Crippen molar-refractivity contribution in [2.75, 3.05) is 5.73 Å². The quantitative estimate of drug-likeness (QED) is 0.615. The van der Waals surface area contributed by atoms with E-state index in [1.54, 1.807) is 12.1 Å². The summed E-state index contributed by atoms with van der Waals surface area (Å²) in [4.78, 5) is 14.2. The van der Waals surface area contributed by atoms with E-state index >= 15 is 0 Å². The number of carbonyl (C=O) groups is 1. The van der Waals surface area contributed by atoms with Gasteiger partial charge in [0.05, 0.1) is 30.0 Å². The number of rotatable bonds is 3. The number of hydrogen-bond donors (Lipinski definition) is 3. The Kier molecular flexibility index (Phi) is 2.81. The molecule has 0 saturated heterocycles. The molecule has 1 unspecified atom stereocenters. The predicted octanol–water partition coefficient (Wildman–Crippen LogP) is 0.138. The molecule has 5 heteroatoms. The molecule has 13 heavy (non-hydrogen) atoms. The average Bonchev–Trinajstić information content (AvgIpc) is 2.04. The number of aliphatic carboxylic acids is 1. The lowest BCUT2D eigenvalue weighted by atomic mass is 10.1. The van der Waals surface area contributed by atoms with Crippen LogP contribution in [0.25, 0.3) is 0 Å². The number of nitrogens with zero attached hydrogens (tertiary/aromatic N) is 1. The standard InChI is InChI=1S/C8H11N3O2/c9-5-1-2-7(11-4-5)6(10)3-8(12)13/h1-2,4,6H,3,9-10H2,(H,12,13). The first-order valence-corrected chi connectivity index (χ1v) is 3.78. The van der Waals surface area contributed by atoms with Gasteiger partial charge in [-0.05, 0) is 12.1 Å². The molecule has 1 aromatic rings. The number of anilines is 1. The van der Waals surface area contributed by atoms with E-state index < -0.39 is 12.0 Å². The van der Waals surface area contributed by atoms with Gasteiger partial charge in [0, 0.05) is 0 Å². The van der Waals surface area contributed by atoms with Crippen LogP contribution in [0.15, 0.2) is 18.3 Å². The molecule has 1 heterocycles. The van der Waals surface area contributed by atoms with E-state index in [1.165, 1.54) is 6.20 Å².